The molecule has 150 valence electrons. The van der Waals surface area contributed by atoms with Gasteiger partial charge in [-0.3, -0.25) is 4.79 Å². The number of hydrogen-bond acceptors (Lipinski definition) is 5. The quantitative estimate of drug-likeness (QED) is 0.476. The summed E-state index contributed by atoms with van der Waals surface area (Å²) in [4.78, 5) is 21.8. The number of nitrogens with one attached hydrogen (secondary N) is 2. The van der Waals surface area contributed by atoms with Crippen molar-refractivity contribution in [3.8, 4) is 11.4 Å². The first kappa shape index (κ1) is 19.4. The second kappa shape index (κ2) is 9.05. The molecule has 2 aromatic carbocycles. The number of anilines is 1. The van der Waals surface area contributed by atoms with Crippen molar-refractivity contribution in [2.45, 2.75) is 20.0 Å². The van der Waals surface area contributed by atoms with Gasteiger partial charge in [0.1, 0.15) is 17.3 Å². The molecular weight excluding hydrogens is 376 g/mol. The molecule has 0 atom stereocenters. The molecule has 0 aliphatic heterocycles. The van der Waals surface area contributed by atoms with Gasteiger partial charge < -0.3 is 15.1 Å². The predicted octanol–water partition coefficient (Wildman–Crippen LogP) is 4.59. The van der Waals surface area contributed by atoms with Crippen molar-refractivity contribution in [3.05, 3.63) is 102 Å². The molecule has 0 unspecified atom stereocenters. The Kier molecular flexibility index (Phi) is 5.85. The number of benzene rings is 2. The van der Waals surface area contributed by atoms with Gasteiger partial charge in [0.25, 0.3) is 5.91 Å². The highest BCUT2D eigenvalue weighted by Crippen LogP contribution is 2.19. The van der Waals surface area contributed by atoms with E-state index in [0.717, 1.165) is 11.1 Å². The Morgan fingerprint density at radius 2 is 1.80 bits per heavy atom. The third-order valence-corrected chi connectivity index (χ3v) is 4.55. The molecule has 6 nitrogen and oxygen atoms in total. The van der Waals surface area contributed by atoms with Crippen LogP contribution in [0.15, 0.2) is 83.5 Å². The van der Waals surface area contributed by atoms with Gasteiger partial charge >= 0.3 is 0 Å². The van der Waals surface area contributed by atoms with Crippen molar-refractivity contribution in [2.75, 3.05) is 5.32 Å². The number of nitrogens with zero attached hydrogens (tertiary/aromatic N) is 2. The third-order valence-electron chi connectivity index (χ3n) is 4.55. The van der Waals surface area contributed by atoms with Crippen LogP contribution in [0.1, 0.15) is 27.4 Å². The minimum absolute atomic E-state index is 0.287. The van der Waals surface area contributed by atoms with Crippen molar-refractivity contribution in [1.29, 1.82) is 0 Å². The van der Waals surface area contributed by atoms with E-state index in [1.54, 1.807) is 18.4 Å². The maximum atomic E-state index is 12.7. The summed E-state index contributed by atoms with van der Waals surface area (Å²) in [6.07, 6.45) is 1.58. The molecule has 0 aliphatic carbocycles. The highest BCUT2D eigenvalue weighted by atomic mass is 16.3. The maximum Gasteiger partial charge on any atom is 0.270 e. The molecular formula is C24H22N4O2. The molecule has 0 saturated heterocycles. The zero-order valence-electron chi connectivity index (χ0n) is 16.6. The second-order valence-electron chi connectivity index (χ2n) is 6.93. The summed E-state index contributed by atoms with van der Waals surface area (Å²) in [5.74, 6) is 1.48. The summed E-state index contributed by atoms with van der Waals surface area (Å²) < 4.78 is 5.27. The molecule has 0 saturated carbocycles. The zero-order chi connectivity index (χ0) is 20.8. The second-order valence-corrected chi connectivity index (χ2v) is 6.93. The minimum Gasteiger partial charge on any atom is -0.467 e. The van der Waals surface area contributed by atoms with Crippen LogP contribution in [-0.2, 0) is 13.1 Å². The molecule has 0 aliphatic rings. The first-order valence-corrected chi connectivity index (χ1v) is 9.72. The SMILES string of the molecule is Cc1cccc(CNc2cc(C(=O)NCc3ccco3)nc(-c3ccccc3)n2)c1. The number of hydrogen-bond donors (Lipinski definition) is 2. The van der Waals surface area contributed by atoms with Crippen molar-refractivity contribution >= 4 is 11.7 Å². The number of aromatic nitrogens is 2. The normalized spacial score (nSPS) is 10.6. The molecule has 2 heterocycles. The van der Waals surface area contributed by atoms with Gasteiger partial charge in [-0.05, 0) is 24.6 Å². The summed E-state index contributed by atoms with van der Waals surface area (Å²) in [5.41, 5.74) is 3.47. The van der Waals surface area contributed by atoms with E-state index in [-0.39, 0.29) is 5.91 Å². The van der Waals surface area contributed by atoms with Gasteiger partial charge in [-0.2, -0.15) is 0 Å². The van der Waals surface area contributed by atoms with E-state index in [1.165, 1.54) is 5.56 Å². The van der Waals surface area contributed by atoms with E-state index in [9.17, 15) is 4.79 Å². The van der Waals surface area contributed by atoms with Crippen molar-refractivity contribution in [1.82, 2.24) is 15.3 Å². The Balaban J connectivity index is 1.58. The van der Waals surface area contributed by atoms with Gasteiger partial charge in [-0.15, -0.1) is 0 Å². The molecule has 2 N–H and O–H groups in total. The van der Waals surface area contributed by atoms with E-state index in [0.29, 0.717) is 36.2 Å². The molecule has 0 radical (unpaired) electrons. The van der Waals surface area contributed by atoms with Crippen LogP contribution in [-0.4, -0.2) is 15.9 Å². The predicted molar refractivity (Wildman–Crippen MR) is 116 cm³/mol. The highest BCUT2D eigenvalue weighted by Gasteiger charge is 2.13. The molecule has 0 spiro atoms. The Hall–Kier alpha value is -3.93. The van der Waals surface area contributed by atoms with Gasteiger partial charge in [-0.25, -0.2) is 9.97 Å². The molecule has 4 aromatic rings. The fourth-order valence-corrected chi connectivity index (χ4v) is 3.06. The molecule has 6 heteroatoms. The van der Waals surface area contributed by atoms with Crippen LogP contribution in [0, 0.1) is 6.92 Å². The van der Waals surface area contributed by atoms with Crippen molar-refractivity contribution in [2.24, 2.45) is 0 Å². The molecule has 0 bridgehead atoms. The average molecular weight is 398 g/mol. The van der Waals surface area contributed by atoms with E-state index in [4.69, 9.17) is 4.42 Å². The number of aryl methyl sites for hydroxylation is 1. The van der Waals surface area contributed by atoms with Gasteiger partial charge in [0.2, 0.25) is 0 Å². The number of furan rings is 1. The Labute approximate surface area is 175 Å². The van der Waals surface area contributed by atoms with Gasteiger partial charge in [0.15, 0.2) is 5.82 Å². The Bertz CT molecular complexity index is 1130. The van der Waals surface area contributed by atoms with Crippen LogP contribution in [0.25, 0.3) is 11.4 Å². The number of carbonyl (C=O) groups excluding carboxylic acids is 1. The number of rotatable bonds is 7. The Morgan fingerprint density at radius 3 is 2.57 bits per heavy atom. The summed E-state index contributed by atoms with van der Waals surface area (Å²) >= 11 is 0. The average Bonchev–Trinajstić information content (AvgIpc) is 3.30. The van der Waals surface area contributed by atoms with E-state index < -0.39 is 0 Å². The Morgan fingerprint density at radius 1 is 0.933 bits per heavy atom. The minimum atomic E-state index is -0.287. The monoisotopic (exact) mass is 398 g/mol. The zero-order valence-corrected chi connectivity index (χ0v) is 16.6. The largest absolute Gasteiger partial charge is 0.467 e. The first-order valence-electron chi connectivity index (χ1n) is 9.72. The lowest BCUT2D eigenvalue weighted by atomic mass is 10.1. The van der Waals surface area contributed by atoms with E-state index >= 15 is 0 Å². The van der Waals surface area contributed by atoms with Crippen LogP contribution >= 0.6 is 0 Å². The summed E-state index contributed by atoms with van der Waals surface area (Å²) in [5, 5.41) is 6.15. The van der Waals surface area contributed by atoms with Crippen LogP contribution in [0.5, 0.6) is 0 Å². The fraction of sp³-hybridized carbons (Fsp3) is 0.125. The van der Waals surface area contributed by atoms with Crippen LogP contribution in [0.4, 0.5) is 5.82 Å². The van der Waals surface area contributed by atoms with Crippen LogP contribution in [0.2, 0.25) is 0 Å². The van der Waals surface area contributed by atoms with E-state index in [2.05, 4.69) is 45.7 Å². The highest BCUT2D eigenvalue weighted by molar-refractivity contribution is 5.93. The van der Waals surface area contributed by atoms with Gasteiger partial charge in [0.05, 0.1) is 12.8 Å². The van der Waals surface area contributed by atoms with Crippen LogP contribution < -0.4 is 10.6 Å². The topological polar surface area (TPSA) is 80.0 Å². The van der Waals surface area contributed by atoms with Gasteiger partial charge in [-0.1, -0.05) is 60.2 Å². The standard InChI is InChI=1S/C24H22N4O2/c1-17-7-5-8-18(13-17)15-25-22-14-21(24(29)26-16-20-11-6-12-30-20)27-23(28-22)19-9-3-2-4-10-19/h2-14H,15-16H2,1H3,(H,26,29)(H,25,27,28). The number of amides is 1. The smallest absolute Gasteiger partial charge is 0.270 e. The first-order chi connectivity index (χ1) is 14.7. The lowest BCUT2D eigenvalue weighted by Gasteiger charge is -2.11. The maximum absolute atomic E-state index is 12.7. The third kappa shape index (κ3) is 4.91. The van der Waals surface area contributed by atoms with Crippen molar-refractivity contribution in [3.63, 3.8) is 0 Å². The molecule has 30 heavy (non-hydrogen) atoms. The summed E-state index contributed by atoms with van der Waals surface area (Å²) in [6, 6.07) is 23.1. The lowest BCUT2D eigenvalue weighted by Crippen LogP contribution is -2.24. The molecule has 4 rings (SSSR count). The fourth-order valence-electron chi connectivity index (χ4n) is 3.06. The molecule has 2 aromatic heterocycles. The molecule has 0 fully saturated rings. The molecule has 1 amide bonds. The summed E-state index contributed by atoms with van der Waals surface area (Å²) in [7, 11) is 0. The van der Waals surface area contributed by atoms with Crippen LogP contribution in [0.3, 0.4) is 0 Å². The summed E-state index contributed by atoms with van der Waals surface area (Å²) in [6.45, 7) is 2.95. The van der Waals surface area contributed by atoms with E-state index in [1.807, 2.05) is 42.5 Å². The number of carbonyl (C=O) groups is 1. The lowest BCUT2D eigenvalue weighted by molar-refractivity contribution is 0.0943. The van der Waals surface area contributed by atoms with Crippen molar-refractivity contribution < 1.29 is 9.21 Å². The van der Waals surface area contributed by atoms with Gasteiger partial charge in [0, 0.05) is 18.2 Å².